The predicted octanol–water partition coefficient (Wildman–Crippen LogP) is 4.54. The minimum atomic E-state index is 0.481. The first-order chi connectivity index (χ1) is 7.67. The Morgan fingerprint density at radius 2 is 1.88 bits per heavy atom. The van der Waals surface area contributed by atoms with Gasteiger partial charge in [0.25, 0.3) is 0 Å². The molecule has 0 aliphatic carbocycles. The highest BCUT2D eigenvalue weighted by Crippen LogP contribution is 2.24. The first kappa shape index (κ1) is 13.7. The Balaban J connectivity index is 2.63. The molecule has 0 heterocycles. The zero-order chi connectivity index (χ0) is 12.0. The SMILES string of the molecule is CCCC(C)CC(NC)c1ccc(Br)cc1. The van der Waals surface area contributed by atoms with E-state index >= 15 is 0 Å². The van der Waals surface area contributed by atoms with Crippen molar-refractivity contribution in [2.45, 2.75) is 39.2 Å². The minimum absolute atomic E-state index is 0.481. The number of hydrogen-bond donors (Lipinski definition) is 1. The van der Waals surface area contributed by atoms with E-state index in [-0.39, 0.29) is 0 Å². The van der Waals surface area contributed by atoms with Gasteiger partial charge in [0, 0.05) is 10.5 Å². The highest BCUT2D eigenvalue weighted by molar-refractivity contribution is 9.10. The van der Waals surface area contributed by atoms with Gasteiger partial charge < -0.3 is 5.32 Å². The molecule has 0 fully saturated rings. The van der Waals surface area contributed by atoms with Gasteiger partial charge in [-0.25, -0.2) is 0 Å². The van der Waals surface area contributed by atoms with Crippen LogP contribution in [0.3, 0.4) is 0 Å². The summed E-state index contributed by atoms with van der Waals surface area (Å²) in [5.74, 6) is 0.783. The molecule has 0 bridgehead atoms. The molecule has 1 aromatic rings. The van der Waals surface area contributed by atoms with Gasteiger partial charge in [0.1, 0.15) is 0 Å². The summed E-state index contributed by atoms with van der Waals surface area (Å²) < 4.78 is 1.15. The topological polar surface area (TPSA) is 12.0 Å². The Morgan fingerprint density at radius 1 is 1.25 bits per heavy atom. The molecule has 1 N–H and O–H groups in total. The first-order valence-corrected chi connectivity index (χ1v) is 6.89. The van der Waals surface area contributed by atoms with Crippen LogP contribution in [0.25, 0.3) is 0 Å². The van der Waals surface area contributed by atoms with Gasteiger partial charge in [0.2, 0.25) is 0 Å². The van der Waals surface area contributed by atoms with Crippen LogP contribution in [0.5, 0.6) is 0 Å². The Morgan fingerprint density at radius 3 is 2.38 bits per heavy atom. The number of hydrogen-bond acceptors (Lipinski definition) is 1. The van der Waals surface area contributed by atoms with E-state index in [2.05, 4.69) is 59.4 Å². The monoisotopic (exact) mass is 283 g/mol. The van der Waals surface area contributed by atoms with Crippen molar-refractivity contribution in [3.63, 3.8) is 0 Å². The molecular formula is C14H22BrN. The van der Waals surface area contributed by atoms with Crippen LogP contribution in [0.4, 0.5) is 0 Å². The fourth-order valence-electron chi connectivity index (χ4n) is 2.13. The molecule has 0 aliphatic heterocycles. The summed E-state index contributed by atoms with van der Waals surface area (Å²) in [4.78, 5) is 0. The van der Waals surface area contributed by atoms with Crippen molar-refractivity contribution in [2.75, 3.05) is 7.05 Å². The van der Waals surface area contributed by atoms with E-state index in [4.69, 9.17) is 0 Å². The van der Waals surface area contributed by atoms with Crippen molar-refractivity contribution in [1.82, 2.24) is 5.32 Å². The quantitative estimate of drug-likeness (QED) is 0.809. The molecule has 2 heteroatoms. The Labute approximate surface area is 108 Å². The van der Waals surface area contributed by atoms with Gasteiger partial charge >= 0.3 is 0 Å². The minimum Gasteiger partial charge on any atom is -0.313 e. The van der Waals surface area contributed by atoms with Crippen LogP contribution in [0.1, 0.15) is 44.7 Å². The standard InChI is InChI=1S/C14H22BrN/c1-4-5-11(2)10-14(16-3)12-6-8-13(15)9-7-12/h6-9,11,14,16H,4-5,10H2,1-3H3. The van der Waals surface area contributed by atoms with Crippen LogP contribution in [0.15, 0.2) is 28.7 Å². The lowest BCUT2D eigenvalue weighted by molar-refractivity contribution is 0.407. The Bertz CT molecular complexity index is 294. The lowest BCUT2D eigenvalue weighted by Gasteiger charge is -2.20. The van der Waals surface area contributed by atoms with Crippen LogP contribution < -0.4 is 5.32 Å². The fraction of sp³-hybridized carbons (Fsp3) is 0.571. The predicted molar refractivity (Wildman–Crippen MR) is 74.6 cm³/mol. The van der Waals surface area contributed by atoms with E-state index in [1.165, 1.54) is 24.8 Å². The summed E-state index contributed by atoms with van der Waals surface area (Å²) in [5, 5.41) is 3.41. The van der Waals surface area contributed by atoms with Crippen molar-refractivity contribution in [1.29, 1.82) is 0 Å². The second-order valence-electron chi connectivity index (χ2n) is 4.52. The average molecular weight is 284 g/mol. The molecule has 0 saturated carbocycles. The van der Waals surface area contributed by atoms with Crippen LogP contribution in [-0.4, -0.2) is 7.05 Å². The molecule has 0 amide bonds. The molecule has 1 aromatic carbocycles. The van der Waals surface area contributed by atoms with E-state index < -0.39 is 0 Å². The highest BCUT2D eigenvalue weighted by atomic mass is 79.9. The van der Waals surface area contributed by atoms with Crippen molar-refractivity contribution >= 4 is 15.9 Å². The summed E-state index contributed by atoms with van der Waals surface area (Å²) in [6.07, 6.45) is 3.80. The van der Waals surface area contributed by atoms with Crippen molar-refractivity contribution < 1.29 is 0 Å². The van der Waals surface area contributed by atoms with Gasteiger partial charge in [-0.05, 0) is 37.1 Å². The normalized spacial score (nSPS) is 14.8. The molecule has 1 nitrogen and oxygen atoms in total. The molecule has 90 valence electrons. The van der Waals surface area contributed by atoms with E-state index in [1.807, 2.05) is 7.05 Å². The largest absolute Gasteiger partial charge is 0.313 e. The third-order valence-electron chi connectivity index (χ3n) is 3.04. The maximum Gasteiger partial charge on any atom is 0.0320 e. The molecule has 0 saturated heterocycles. The lowest BCUT2D eigenvalue weighted by atomic mass is 9.93. The van der Waals surface area contributed by atoms with Gasteiger partial charge in [-0.15, -0.1) is 0 Å². The molecule has 0 aromatic heterocycles. The van der Waals surface area contributed by atoms with Crippen molar-refractivity contribution in [2.24, 2.45) is 5.92 Å². The maximum atomic E-state index is 3.47. The van der Waals surface area contributed by atoms with Crippen LogP contribution in [0.2, 0.25) is 0 Å². The van der Waals surface area contributed by atoms with Gasteiger partial charge in [0.05, 0.1) is 0 Å². The third-order valence-corrected chi connectivity index (χ3v) is 3.57. The molecule has 0 radical (unpaired) electrons. The molecular weight excluding hydrogens is 262 g/mol. The van der Waals surface area contributed by atoms with Gasteiger partial charge in [0.15, 0.2) is 0 Å². The van der Waals surface area contributed by atoms with Gasteiger partial charge in [-0.3, -0.25) is 0 Å². The van der Waals surface area contributed by atoms with Crippen LogP contribution in [0, 0.1) is 5.92 Å². The molecule has 0 spiro atoms. The third kappa shape index (κ3) is 4.26. The summed E-state index contributed by atoms with van der Waals surface area (Å²) >= 11 is 3.47. The smallest absolute Gasteiger partial charge is 0.0320 e. The van der Waals surface area contributed by atoms with Crippen molar-refractivity contribution in [3.8, 4) is 0 Å². The number of nitrogens with one attached hydrogen (secondary N) is 1. The Hall–Kier alpha value is -0.340. The zero-order valence-electron chi connectivity index (χ0n) is 10.5. The summed E-state index contributed by atoms with van der Waals surface area (Å²) in [6, 6.07) is 9.11. The summed E-state index contributed by atoms with van der Waals surface area (Å²) in [7, 11) is 2.05. The second kappa shape index (κ2) is 7.08. The molecule has 2 unspecified atom stereocenters. The van der Waals surface area contributed by atoms with E-state index in [9.17, 15) is 0 Å². The van der Waals surface area contributed by atoms with E-state index in [1.54, 1.807) is 0 Å². The Kier molecular flexibility index (Phi) is 6.07. The van der Waals surface area contributed by atoms with Crippen molar-refractivity contribution in [3.05, 3.63) is 34.3 Å². The first-order valence-electron chi connectivity index (χ1n) is 6.10. The molecule has 16 heavy (non-hydrogen) atoms. The molecule has 2 atom stereocenters. The molecule has 0 aliphatic rings. The van der Waals surface area contributed by atoms with Crippen LogP contribution in [-0.2, 0) is 0 Å². The van der Waals surface area contributed by atoms with E-state index in [0.29, 0.717) is 6.04 Å². The summed E-state index contributed by atoms with van der Waals surface area (Å²) in [5.41, 5.74) is 1.38. The number of halogens is 1. The van der Waals surface area contributed by atoms with Gasteiger partial charge in [-0.2, -0.15) is 0 Å². The number of rotatable bonds is 6. The lowest BCUT2D eigenvalue weighted by Crippen LogP contribution is -2.19. The highest BCUT2D eigenvalue weighted by Gasteiger charge is 2.12. The summed E-state index contributed by atoms with van der Waals surface area (Å²) in [6.45, 7) is 4.59. The van der Waals surface area contributed by atoms with Crippen LogP contribution >= 0.6 is 15.9 Å². The van der Waals surface area contributed by atoms with E-state index in [0.717, 1.165) is 10.4 Å². The number of benzene rings is 1. The fourth-order valence-corrected chi connectivity index (χ4v) is 2.39. The maximum absolute atomic E-state index is 3.47. The second-order valence-corrected chi connectivity index (χ2v) is 5.44. The molecule has 1 rings (SSSR count). The van der Waals surface area contributed by atoms with Gasteiger partial charge in [-0.1, -0.05) is 54.8 Å². The average Bonchev–Trinajstić information content (AvgIpc) is 2.27. The zero-order valence-corrected chi connectivity index (χ0v) is 12.0.